The summed E-state index contributed by atoms with van der Waals surface area (Å²) in [5, 5.41) is 2.99. The highest BCUT2D eigenvalue weighted by Crippen LogP contribution is 2.56. The summed E-state index contributed by atoms with van der Waals surface area (Å²) in [4.78, 5) is 0. The molecule has 0 aromatic heterocycles. The lowest BCUT2D eigenvalue weighted by Gasteiger charge is -2.46. The maximum Gasteiger partial charge on any atom is 0.254 e. The average molecular weight is 184 g/mol. The van der Waals surface area contributed by atoms with Gasteiger partial charge in [0.1, 0.15) is 0 Å². The standard InChI is InChI=1S/C7H11F2N.ClH/c8-7(9)2-1-6(7)3-4-10-5-6;/h10H,1-5H2;1H. The van der Waals surface area contributed by atoms with E-state index in [0.29, 0.717) is 19.4 Å². The van der Waals surface area contributed by atoms with Crippen LogP contribution in [0.1, 0.15) is 19.3 Å². The third kappa shape index (κ3) is 1.05. The number of hydrogen-bond donors (Lipinski definition) is 1. The van der Waals surface area contributed by atoms with Gasteiger partial charge >= 0.3 is 0 Å². The van der Waals surface area contributed by atoms with Crippen LogP contribution in [0, 0.1) is 5.41 Å². The number of rotatable bonds is 0. The molecule has 66 valence electrons. The molecule has 1 saturated heterocycles. The predicted molar refractivity (Wildman–Crippen MR) is 41.3 cm³/mol. The molecule has 2 aliphatic rings. The smallest absolute Gasteiger partial charge is 0.254 e. The van der Waals surface area contributed by atoms with E-state index >= 15 is 0 Å². The van der Waals surface area contributed by atoms with Gasteiger partial charge in [-0.05, 0) is 19.4 Å². The van der Waals surface area contributed by atoms with Crippen LogP contribution in [0.3, 0.4) is 0 Å². The van der Waals surface area contributed by atoms with Crippen LogP contribution in [0.2, 0.25) is 0 Å². The summed E-state index contributed by atoms with van der Waals surface area (Å²) in [5.41, 5.74) is -0.632. The van der Waals surface area contributed by atoms with Gasteiger partial charge in [-0.25, -0.2) is 8.78 Å². The second-order valence-electron chi connectivity index (χ2n) is 3.41. The quantitative estimate of drug-likeness (QED) is 0.604. The van der Waals surface area contributed by atoms with Gasteiger partial charge in [0.15, 0.2) is 0 Å². The second kappa shape index (κ2) is 2.56. The van der Waals surface area contributed by atoms with Crippen LogP contribution in [0.5, 0.6) is 0 Å². The molecule has 1 aliphatic carbocycles. The van der Waals surface area contributed by atoms with Crippen molar-refractivity contribution in [3.63, 3.8) is 0 Å². The van der Waals surface area contributed by atoms with Crippen molar-refractivity contribution in [2.24, 2.45) is 5.41 Å². The molecule has 0 aromatic carbocycles. The van der Waals surface area contributed by atoms with Crippen molar-refractivity contribution >= 4 is 12.4 Å². The first-order valence-electron chi connectivity index (χ1n) is 3.75. The minimum Gasteiger partial charge on any atom is -0.316 e. The Morgan fingerprint density at radius 1 is 1.09 bits per heavy atom. The molecule has 1 nitrogen and oxygen atoms in total. The molecule has 2 fully saturated rings. The average Bonchev–Trinajstić information content (AvgIpc) is 2.34. The molecule has 0 radical (unpaired) electrons. The fraction of sp³-hybridized carbons (Fsp3) is 1.00. The van der Waals surface area contributed by atoms with Gasteiger partial charge in [-0.2, -0.15) is 0 Å². The normalized spacial score (nSPS) is 39.8. The van der Waals surface area contributed by atoms with E-state index in [2.05, 4.69) is 5.32 Å². The number of alkyl halides is 2. The zero-order valence-electron chi connectivity index (χ0n) is 6.20. The Morgan fingerprint density at radius 3 is 2.00 bits per heavy atom. The van der Waals surface area contributed by atoms with Crippen LogP contribution in [-0.2, 0) is 0 Å². The molecule has 1 saturated carbocycles. The minimum absolute atomic E-state index is 0. The molecule has 0 aromatic rings. The van der Waals surface area contributed by atoms with Crippen molar-refractivity contribution in [2.75, 3.05) is 13.1 Å². The van der Waals surface area contributed by atoms with E-state index in [-0.39, 0.29) is 18.8 Å². The van der Waals surface area contributed by atoms with Crippen LogP contribution in [-0.4, -0.2) is 19.0 Å². The van der Waals surface area contributed by atoms with E-state index in [1.807, 2.05) is 0 Å². The van der Waals surface area contributed by atoms with Gasteiger partial charge in [0.05, 0.1) is 0 Å². The maximum absolute atomic E-state index is 12.9. The zero-order valence-corrected chi connectivity index (χ0v) is 7.02. The molecule has 4 heteroatoms. The van der Waals surface area contributed by atoms with Crippen LogP contribution >= 0.6 is 12.4 Å². The Labute approximate surface area is 71.0 Å². The van der Waals surface area contributed by atoms with Crippen molar-refractivity contribution in [3.05, 3.63) is 0 Å². The van der Waals surface area contributed by atoms with Crippen LogP contribution in [0.25, 0.3) is 0 Å². The highest BCUT2D eigenvalue weighted by Gasteiger charge is 2.61. The first-order chi connectivity index (χ1) is 4.66. The molecule has 1 unspecified atom stereocenters. The summed E-state index contributed by atoms with van der Waals surface area (Å²) in [6.45, 7) is 1.30. The molecule has 1 N–H and O–H groups in total. The molecular weight excluding hydrogens is 172 g/mol. The lowest BCUT2D eigenvalue weighted by molar-refractivity contribution is -0.191. The van der Waals surface area contributed by atoms with Crippen LogP contribution in [0.4, 0.5) is 8.78 Å². The van der Waals surface area contributed by atoms with Crippen molar-refractivity contribution in [2.45, 2.75) is 25.2 Å². The largest absolute Gasteiger partial charge is 0.316 e. The lowest BCUT2D eigenvalue weighted by Crippen LogP contribution is -2.52. The SMILES string of the molecule is Cl.FC1(F)CCC12CCNC2. The molecule has 2 rings (SSSR count). The van der Waals surface area contributed by atoms with Gasteiger partial charge in [-0.1, -0.05) is 0 Å². The van der Waals surface area contributed by atoms with Crippen molar-refractivity contribution in [1.82, 2.24) is 5.32 Å². The Bertz CT molecular complexity index is 155. The topological polar surface area (TPSA) is 12.0 Å². The summed E-state index contributed by atoms with van der Waals surface area (Å²) >= 11 is 0. The Hall–Kier alpha value is 0.110. The van der Waals surface area contributed by atoms with Crippen molar-refractivity contribution in [3.8, 4) is 0 Å². The van der Waals surface area contributed by atoms with Crippen molar-refractivity contribution < 1.29 is 8.78 Å². The van der Waals surface area contributed by atoms with Gasteiger partial charge in [-0.15, -0.1) is 12.4 Å². The molecule has 11 heavy (non-hydrogen) atoms. The monoisotopic (exact) mass is 183 g/mol. The maximum atomic E-state index is 12.9. The van der Waals surface area contributed by atoms with Gasteiger partial charge in [0.2, 0.25) is 0 Å². The fourth-order valence-corrected chi connectivity index (χ4v) is 1.94. The minimum atomic E-state index is -2.36. The van der Waals surface area contributed by atoms with E-state index in [9.17, 15) is 8.78 Å². The van der Waals surface area contributed by atoms with E-state index in [1.54, 1.807) is 0 Å². The lowest BCUT2D eigenvalue weighted by atomic mass is 9.65. The second-order valence-corrected chi connectivity index (χ2v) is 3.41. The first-order valence-corrected chi connectivity index (χ1v) is 3.75. The number of hydrogen-bond acceptors (Lipinski definition) is 1. The van der Waals surface area contributed by atoms with E-state index in [0.717, 1.165) is 6.54 Å². The Kier molecular flexibility index (Phi) is 2.14. The molecule has 1 spiro atoms. The fourth-order valence-electron chi connectivity index (χ4n) is 1.94. The van der Waals surface area contributed by atoms with Gasteiger partial charge in [0.25, 0.3) is 5.92 Å². The van der Waals surface area contributed by atoms with Crippen LogP contribution < -0.4 is 5.32 Å². The summed E-state index contributed by atoms with van der Waals surface area (Å²) in [7, 11) is 0. The highest BCUT2D eigenvalue weighted by molar-refractivity contribution is 5.85. The predicted octanol–water partition coefficient (Wildman–Crippen LogP) is 1.82. The number of nitrogens with one attached hydrogen (secondary N) is 1. The molecule has 1 atom stereocenters. The Morgan fingerprint density at radius 2 is 1.82 bits per heavy atom. The summed E-state index contributed by atoms with van der Waals surface area (Å²) in [6, 6.07) is 0. The summed E-state index contributed by atoms with van der Waals surface area (Å²) in [5.74, 6) is -2.36. The van der Waals surface area contributed by atoms with Gasteiger partial charge < -0.3 is 5.32 Å². The molecule has 0 amide bonds. The summed E-state index contributed by atoms with van der Waals surface area (Å²) in [6.07, 6.45) is 1.49. The molecular formula is C7H12ClF2N. The molecule has 0 bridgehead atoms. The molecule has 1 heterocycles. The van der Waals surface area contributed by atoms with E-state index in [1.165, 1.54) is 0 Å². The van der Waals surface area contributed by atoms with E-state index < -0.39 is 11.3 Å². The van der Waals surface area contributed by atoms with E-state index in [4.69, 9.17) is 0 Å². The molecule has 1 aliphatic heterocycles. The number of halogens is 3. The van der Waals surface area contributed by atoms with Crippen molar-refractivity contribution in [1.29, 1.82) is 0 Å². The Balaban J connectivity index is 0.000000605. The van der Waals surface area contributed by atoms with Gasteiger partial charge in [0, 0.05) is 18.4 Å². The first kappa shape index (κ1) is 9.20. The third-order valence-corrected chi connectivity index (χ3v) is 2.94. The zero-order chi connectivity index (χ0) is 7.24. The van der Waals surface area contributed by atoms with Gasteiger partial charge in [-0.3, -0.25) is 0 Å². The summed E-state index contributed by atoms with van der Waals surface area (Å²) < 4.78 is 25.7. The highest BCUT2D eigenvalue weighted by atomic mass is 35.5. The van der Waals surface area contributed by atoms with Crippen LogP contribution in [0.15, 0.2) is 0 Å². The third-order valence-electron chi connectivity index (χ3n) is 2.94.